The molecule has 9 heteroatoms. The number of tetrazole rings is 1. The number of aliphatic carboxylic acids is 1. The Morgan fingerprint density at radius 3 is 3.12 bits per heavy atom. The van der Waals surface area contributed by atoms with Crippen molar-refractivity contribution in [3.63, 3.8) is 0 Å². The Balaban J connectivity index is 1.88. The molecule has 0 spiro atoms. The molecular formula is C8H11N5O3S. The summed E-state index contributed by atoms with van der Waals surface area (Å²) >= 11 is 1.34. The number of amides is 1. The normalized spacial score (nSPS) is 19.3. The lowest BCUT2D eigenvalue weighted by atomic mass is 10.2. The summed E-state index contributed by atoms with van der Waals surface area (Å²) in [6, 6.07) is 0.113. The number of nitrogens with zero attached hydrogens (tertiary/aromatic N) is 4. The first-order chi connectivity index (χ1) is 8.15. The van der Waals surface area contributed by atoms with Crippen LogP contribution in [0.25, 0.3) is 0 Å². The zero-order valence-corrected chi connectivity index (χ0v) is 9.68. The molecule has 1 aliphatic heterocycles. The van der Waals surface area contributed by atoms with Gasteiger partial charge in [0.1, 0.15) is 6.54 Å². The highest BCUT2D eigenvalue weighted by atomic mass is 32.2. The first-order valence-electron chi connectivity index (χ1n) is 5.05. The summed E-state index contributed by atoms with van der Waals surface area (Å²) in [5.74, 6) is -0.291. The average molecular weight is 257 g/mol. The molecule has 2 heterocycles. The van der Waals surface area contributed by atoms with Crippen LogP contribution < -0.4 is 5.32 Å². The topological polar surface area (TPSA) is 110 Å². The highest BCUT2D eigenvalue weighted by Gasteiger charge is 2.21. The summed E-state index contributed by atoms with van der Waals surface area (Å²) in [6.07, 6.45) is 1.34. The third-order valence-electron chi connectivity index (χ3n) is 2.28. The monoisotopic (exact) mass is 257 g/mol. The first kappa shape index (κ1) is 11.8. The Labute approximate surface area is 101 Å². The van der Waals surface area contributed by atoms with Crippen molar-refractivity contribution in [1.82, 2.24) is 25.5 Å². The van der Waals surface area contributed by atoms with E-state index in [1.807, 2.05) is 0 Å². The minimum Gasteiger partial charge on any atom is -0.480 e. The van der Waals surface area contributed by atoms with Gasteiger partial charge >= 0.3 is 5.97 Å². The summed E-state index contributed by atoms with van der Waals surface area (Å²) in [5, 5.41) is 22.7. The highest BCUT2D eigenvalue weighted by Crippen LogP contribution is 2.18. The van der Waals surface area contributed by atoms with Crippen molar-refractivity contribution < 1.29 is 14.7 Å². The van der Waals surface area contributed by atoms with Gasteiger partial charge in [0.15, 0.2) is 0 Å². The van der Waals surface area contributed by atoms with Crippen LogP contribution in [0.15, 0.2) is 5.16 Å². The lowest BCUT2D eigenvalue weighted by Crippen LogP contribution is -2.27. The molecule has 2 rings (SSSR count). The third kappa shape index (κ3) is 3.16. The Morgan fingerprint density at radius 2 is 2.47 bits per heavy atom. The molecule has 8 nitrogen and oxygen atoms in total. The smallest absolute Gasteiger partial charge is 0.325 e. The molecule has 0 bridgehead atoms. The number of thioether (sulfide) groups is 1. The molecule has 0 aliphatic carbocycles. The molecule has 1 atom stereocenters. The molecule has 1 aliphatic rings. The number of rotatable bonds is 5. The van der Waals surface area contributed by atoms with Crippen molar-refractivity contribution >= 4 is 23.6 Å². The Kier molecular flexibility index (Phi) is 3.57. The van der Waals surface area contributed by atoms with Crippen LogP contribution in [0.3, 0.4) is 0 Å². The van der Waals surface area contributed by atoms with Gasteiger partial charge in [-0.1, -0.05) is 11.8 Å². The van der Waals surface area contributed by atoms with Crippen molar-refractivity contribution in [3.05, 3.63) is 0 Å². The van der Waals surface area contributed by atoms with E-state index in [2.05, 4.69) is 20.8 Å². The van der Waals surface area contributed by atoms with Gasteiger partial charge in [-0.3, -0.25) is 9.59 Å². The van der Waals surface area contributed by atoms with E-state index in [-0.39, 0.29) is 18.5 Å². The van der Waals surface area contributed by atoms with Gasteiger partial charge in [0, 0.05) is 18.2 Å². The fraction of sp³-hybridized carbons (Fsp3) is 0.625. The second kappa shape index (κ2) is 5.13. The molecule has 1 fully saturated rings. The minimum absolute atomic E-state index is 0.0562. The maximum atomic E-state index is 11.0. The highest BCUT2D eigenvalue weighted by molar-refractivity contribution is 7.99. The van der Waals surface area contributed by atoms with Crippen LogP contribution in [0.5, 0.6) is 0 Å². The first-order valence-corrected chi connectivity index (χ1v) is 6.04. The van der Waals surface area contributed by atoms with Crippen LogP contribution >= 0.6 is 11.8 Å². The number of carboxylic acid groups (broad SMARTS) is 1. The number of carboxylic acids is 1. The summed E-state index contributed by atoms with van der Waals surface area (Å²) in [5.41, 5.74) is 0. The maximum Gasteiger partial charge on any atom is 0.325 e. The van der Waals surface area contributed by atoms with Gasteiger partial charge in [-0.15, -0.1) is 5.10 Å². The fourth-order valence-corrected chi connectivity index (χ4v) is 2.45. The van der Waals surface area contributed by atoms with E-state index in [0.717, 1.165) is 6.42 Å². The number of hydrogen-bond acceptors (Lipinski definition) is 6. The summed E-state index contributed by atoms with van der Waals surface area (Å²) in [6.45, 7) is -0.258. The van der Waals surface area contributed by atoms with Crippen LogP contribution in [-0.4, -0.2) is 49.0 Å². The molecule has 1 aromatic heterocycles. The van der Waals surface area contributed by atoms with E-state index >= 15 is 0 Å². The van der Waals surface area contributed by atoms with Crippen LogP contribution in [0.2, 0.25) is 0 Å². The number of carbonyl (C=O) groups is 2. The molecule has 1 amide bonds. The van der Waals surface area contributed by atoms with Crippen molar-refractivity contribution in [3.8, 4) is 0 Å². The lowest BCUT2D eigenvalue weighted by Gasteiger charge is -2.08. The molecule has 0 radical (unpaired) electrons. The second-order valence-corrected chi connectivity index (χ2v) is 4.61. The maximum absolute atomic E-state index is 11.0. The molecule has 92 valence electrons. The minimum atomic E-state index is -0.992. The number of hydrogen-bond donors (Lipinski definition) is 2. The van der Waals surface area contributed by atoms with E-state index in [0.29, 0.717) is 17.3 Å². The molecule has 1 unspecified atom stereocenters. The van der Waals surface area contributed by atoms with E-state index in [4.69, 9.17) is 5.11 Å². The zero-order valence-electron chi connectivity index (χ0n) is 8.87. The molecule has 0 aromatic carbocycles. The van der Waals surface area contributed by atoms with Gasteiger partial charge in [0.05, 0.1) is 0 Å². The van der Waals surface area contributed by atoms with Crippen molar-refractivity contribution in [1.29, 1.82) is 0 Å². The largest absolute Gasteiger partial charge is 0.480 e. The second-order valence-electron chi connectivity index (χ2n) is 3.63. The molecule has 0 saturated carbocycles. The van der Waals surface area contributed by atoms with Crippen LogP contribution in [0.4, 0.5) is 0 Å². The standard InChI is InChI=1S/C8H11N5O3S/c14-6-2-1-5(9-6)4-17-8-10-11-12-13(8)3-7(15)16/h5H,1-4H2,(H,9,14)(H,15,16). The number of nitrogens with one attached hydrogen (secondary N) is 1. The Bertz CT molecular complexity index is 435. The Hall–Kier alpha value is -1.64. The van der Waals surface area contributed by atoms with E-state index in [1.165, 1.54) is 16.4 Å². The Morgan fingerprint density at radius 1 is 1.65 bits per heavy atom. The van der Waals surface area contributed by atoms with Gasteiger partial charge in [0.25, 0.3) is 0 Å². The fourth-order valence-electron chi connectivity index (χ4n) is 1.50. The molecular weight excluding hydrogens is 246 g/mol. The number of carbonyl (C=O) groups excluding carboxylic acids is 1. The summed E-state index contributed by atoms with van der Waals surface area (Å²) in [7, 11) is 0. The summed E-state index contributed by atoms with van der Waals surface area (Å²) < 4.78 is 1.23. The predicted octanol–water partition coefficient (Wildman–Crippen LogP) is -0.872. The van der Waals surface area contributed by atoms with Gasteiger partial charge in [-0.2, -0.15) is 0 Å². The van der Waals surface area contributed by atoms with Crippen molar-refractivity contribution in [2.75, 3.05) is 5.75 Å². The lowest BCUT2D eigenvalue weighted by molar-refractivity contribution is -0.138. The van der Waals surface area contributed by atoms with Gasteiger partial charge < -0.3 is 10.4 Å². The van der Waals surface area contributed by atoms with Crippen molar-refractivity contribution in [2.24, 2.45) is 0 Å². The van der Waals surface area contributed by atoms with E-state index < -0.39 is 5.97 Å². The zero-order chi connectivity index (χ0) is 12.3. The SMILES string of the molecule is O=C(O)Cn1nnnc1SCC1CCC(=O)N1. The van der Waals surface area contributed by atoms with Gasteiger partial charge in [0.2, 0.25) is 11.1 Å². The summed E-state index contributed by atoms with van der Waals surface area (Å²) in [4.78, 5) is 21.5. The van der Waals surface area contributed by atoms with E-state index in [9.17, 15) is 9.59 Å². The van der Waals surface area contributed by atoms with Gasteiger partial charge in [-0.25, -0.2) is 4.68 Å². The van der Waals surface area contributed by atoms with Crippen molar-refractivity contribution in [2.45, 2.75) is 30.6 Å². The van der Waals surface area contributed by atoms with Crippen LogP contribution in [0.1, 0.15) is 12.8 Å². The van der Waals surface area contributed by atoms with Crippen LogP contribution in [-0.2, 0) is 16.1 Å². The average Bonchev–Trinajstić information content (AvgIpc) is 2.84. The number of aromatic nitrogens is 4. The molecule has 2 N–H and O–H groups in total. The molecule has 1 aromatic rings. The molecule has 17 heavy (non-hydrogen) atoms. The van der Waals surface area contributed by atoms with Crippen LogP contribution in [0, 0.1) is 0 Å². The van der Waals surface area contributed by atoms with Gasteiger partial charge in [-0.05, 0) is 16.8 Å². The predicted molar refractivity (Wildman–Crippen MR) is 57.3 cm³/mol. The molecule has 1 saturated heterocycles. The quantitative estimate of drug-likeness (QED) is 0.659. The van der Waals surface area contributed by atoms with E-state index in [1.54, 1.807) is 0 Å². The third-order valence-corrected chi connectivity index (χ3v) is 3.40.